The van der Waals surface area contributed by atoms with E-state index in [1.165, 1.54) is 0 Å². The van der Waals surface area contributed by atoms with Crippen molar-refractivity contribution in [2.45, 2.75) is 38.3 Å². The van der Waals surface area contributed by atoms with Crippen LogP contribution in [0.2, 0.25) is 0 Å². The minimum absolute atomic E-state index is 0.286. The van der Waals surface area contributed by atoms with Crippen LogP contribution in [0.15, 0.2) is 36.4 Å². The highest BCUT2D eigenvalue weighted by molar-refractivity contribution is 5.74. The number of likely N-dealkylation sites (tertiary alicyclic amines) is 1. The molecule has 31 heavy (non-hydrogen) atoms. The van der Waals surface area contributed by atoms with E-state index in [1.54, 1.807) is 21.3 Å². The highest BCUT2D eigenvalue weighted by atomic mass is 16.5. The third-order valence-corrected chi connectivity index (χ3v) is 5.67. The second kappa shape index (κ2) is 10.4. The number of benzene rings is 2. The molecule has 0 spiro atoms. The highest BCUT2D eigenvalue weighted by Gasteiger charge is 2.36. The van der Waals surface area contributed by atoms with E-state index in [2.05, 4.69) is 4.90 Å². The molecule has 0 saturated carbocycles. The van der Waals surface area contributed by atoms with Gasteiger partial charge in [0.15, 0.2) is 11.5 Å². The molecule has 7 heteroatoms. The van der Waals surface area contributed by atoms with Crippen LogP contribution in [-0.2, 0) is 4.79 Å². The Bertz CT molecular complexity index is 857. The molecule has 1 fully saturated rings. The number of aliphatic carboxylic acids is 1. The lowest BCUT2D eigenvalue weighted by Gasteiger charge is -2.40. The topological polar surface area (TPSA) is 77.5 Å². The third kappa shape index (κ3) is 4.88. The molecular weight excluding hydrogens is 398 g/mol. The van der Waals surface area contributed by atoms with Crippen LogP contribution in [0.25, 0.3) is 0 Å². The predicted octanol–water partition coefficient (Wildman–Crippen LogP) is 4.14. The average molecular weight is 430 g/mol. The van der Waals surface area contributed by atoms with E-state index in [1.807, 2.05) is 43.3 Å². The summed E-state index contributed by atoms with van der Waals surface area (Å²) in [6.07, 6.45) is 2.47. The van der Waals surface area contributed by atoms with Crippen LogP contribution < -0.4 is 18.9 Å². The van der Waals surface area contributed by atoms with E-state index in [9.17, 15) is 9.90 Å². The van der Waals surface area contributed by atoms with Gasteiger partial charge in [0.05, 0.1) is 34.0 Å². The summed E-state index contributed by atoms with van der Waals surface area (Å²) in [7, 11) is 4.72. The molecular formula is C24H31NO6. The van der Waals surface area contributed by atoms with Crippen molar-refractivity contribution in [2.24, 2.45) is 0 Å². The molecule has 1 aliphatic rings. The molecule has 1 saturated heterocycles. The Labute approximate surface area is 183 Å². The number of ether oxygens (including phenoxy) is 4. The predicted molar refractivity (Wildman–Crippen MR) is 118 cm³/mol. The van der Waals surface area contributed by atoms with E-state index < -0.39 is 12.0 Å². The molecule has 1 heterocycles. The van der Waals surface area contributed by atoms with Gasteiger partial charge < -0.3 is 24.1 Å². The normalized spacial score (nSPS) is 17.6. The summed E-state index contributed by atoms with van der Waals surface area (Å²) in [6, 6.07) is 10.8. The maximum absolute atomic E-state index is 12.1. The van der Waals surface area contributed by atoms with Gasteiger partial charge in [-0.1, -0.05) is 18.6 Å². The molecule has 0 amide bonds. The van der Waals surface area contributed by atoms with Crippen LogP contribution in [0, 0.1) is 0 Å². The molecule has 1 N–H and O–H groups in total. The third-order valence-electron chi connectivity index (χ3n) is 5.67. The fourth-order valence-corrected chi connectivity index (χ4v) is 4.28. The maximum atomic E-state index is 12.1. The van der Waals surface area contributed by atoms with E-state index in [0.717, 1.165) is 29.7 Å². The van der Waals surface area contributed by atoms with Crippen molar-refractivity contribution in [3.63, 3.8) is 0 Å². The van der Waals surface area contributed by atoms with Crippen molar-refractivity contribution in [3.05, 3.63) is 47.5 Å². The number of methoxy groups -OCH3 is 3. The molecule has 2 atom stereocenters. The van der Waals surface area contributed by atoms with Gasteiger partial charge in [-0.3, -0.25) is 9.69 Å². The van der Waals surface area contributed by atoms with Gasteiger partial charge in [-0.2, -0.15) is 0 Å². The first kappa shape index (κ1) is 22.7. The molecule has 0 aromatic heterocycles. The molecule has 7 nitrogen and oxygen atoms in total. The van der Waals surface area contributed by atoms with Crippen LogP contribution in [0.4, 0.5) is 0 Å². The first-order valence-corrected chi connectivity index (χ1v) is 10.5. The molecule has 0 aliphatic carbocycles. The number of hydrogen-bond donors (Lipinski definition) is 1. The van der Waals surface area contributed by atoms with E-state index in [-0.39, 0.29) is 6.04 Å². The maximum Gasteiger partial charge on any atom is 0.320 e. The Morgan fingerprint density at radius 3 is 2.19 bits per heavy atom. The van der Waals surface area contributed by atoms with Crippen molar-refractivity contribution >= 4 is 5.97 Å². The van der Waals surface area contributed by atoms with Crippen LogP contribution >= 0.6 is 0 Å². The van der Waals surface area contributed by atoms with Crippen molar-refractivity contribution in [2.75, 3.05) is 34.5 Å². The zero-order chi connectivity index (χ0) is 22.4. The molecule has 1 aliphatic heterocycles. The van der Waals surface area contributed by atoms with Crippen LogP contribution in [0.1, 0.15) is 43.4 Å². The van der Waals surface area contributed by atoms with Gasteiger partial charge in [0.25, 0.3) is 0 Å². The van der Waals surface area contributed by atoms with Crippen LogP contribution in [0.5, 0.6) is 23.0 Å². The Balaban J connectivity index is 2.15. The summed E-state index contributed by atoms with van der Waals surface area (Å²) in [6.45, 7) is 3.21. The van der Waals surface area contributed by atoms with Gasteiger partial charge in [0.1, 0.15) is 11.8 Å². The van der Waals surface area contributed by atoms with Gasteiger partial charge >= 0.3 is 5.97 Å². The number of nitrogens with zero attached hydrogens (tertiary/aromatic N) is 1. The second-order valence-electron chi connectivity index (χ2n) is 7.45. The van der Waals surface area contributed by atoms with Crippen molar-refractivity contribution in [1.82, 2.24) is 4.90 Å². The minimum atomic E-state index is -0.803. The fraction of sp³-hybridized carbons (Fsp3) is 0.458. The second-order valence-corrected chi connectivity index (χ2v) is 7.45. The molecule has 2 aromatic carbocycles. The molecule has 168 valence electrons. The summed E-state index contributed by atoms with van der Waals surface area (Å²) < 4.78 is 22.2. The van der Waals surface area contributed by atoms with Gasteiger partial charge in [-0.15, -0.1) is 0 Å². The van der Waals surface area contributed by atoms with Crippen molar-refractivity contribution in [1.29, 1.82) is 0 Å². The van der Waals surface area contributed by atoms with E-state index in [4.69, 9.17) is 18.9 Å². The smallest absolute Gasteiger partial charge is 0.320 e. The Hall–Kier alpha value is -2.93. The first-order valence-electron chi connectivity index (χ1n) is 10.5. The lowest BCUT2D eigenvalue weighted by atomic mass is 9.91. The van der Waals surface area contributed by atoms with Crippen LogP contribution in [-0.4, -0.2) is 56.5 Å². The number of piperidine rings is 1. The summed E-state index contributed by atoms with van der Waals surface area (Å²) in [5.41, 5.74) is 1.86. The van der Waals surface area contributed by atoms with Crippen molar-refractivity contribution < 1.29 is 28.8 Å². The molecule has 0 radical (unpaired) electrons. The summed E-state index contributed by atoms with van der Waals surface area (Å²) in [4.78, 5) is 14.1. The largest absolute Gasteiger partial charge is 0.494 e. The number of hydrogen-bond acceptors (Lipinski definition) is 6. The van der Waals surface area contributed by atoms with Gasteiger partial charge in [0, 0.05) is 0 Å². The monoisotopic (exact) mass is 429 g/mol. The van der Waals surface area contributed by atoms with E-state index >= 15 is 0 Å². The first-order chi connectivity index (χ1) is 15.0. The zero-order valence-electron chi connectivity index (χ0n) is 18.6. The molecule has 0 bridgehead atoms. The quantitative estimate of drug-likeness (QED) is 0.642. The van der Waals surface area contributed by atoms with Gasteiger partial charge in [-0.25, -0.2) is 0 Å². The van der Waals surface area contributed by atoms with Crippen molar-refractivity contribution in [3.8, 4) is 23.0 Å². The SMILES string of the molecule is CCOc1ccc(C(c2cc(OC)c(OC)c(OC)c2)N2CCCCC2C(=O)O)cc1. The Kier molecular flexibility index (Phi) is 7.63. The van der Waals surface area contributed by atoms with Gasteiger partial charge in [0.2, 0.25) is 5.75 Å². The van der Waals surface area contributed by atoms with Gasteiger partial charge in [-0.05, 0) is 61.7 Å². The summed E-state index contributed by atoms with van der Waals surface area (Å²) in [5.74, 6) is 1.56. The van der Waals surface area contributed by atoms with Crippen LogP contribution in [0.3, 0.4) is 0 Å². The summed E-state index contributed by atoms with van der Waals surface area (Å²) >= 11 is 0. The standard InChI is InChI=1S/C24H31NO6/c1-5-31-18-11-9-16(10-12-18)22(25-13-7-6-8-19(25)24(26)27)17-14-20(28-2)23(30-4)21(15-17)29-3/h9-12,14-15,19,22H,5-8,13H2,1-4H3,(H,26,27). The number of carbonyl (C=O) groups is 1. The van der Waals surface area contributed by atoms with E-state index in [0.29, 0.717) is 36.8 Å². The average Bonchev–Trinajstić information content (AvgIpc) is 2.80. The minimum Gasteiger partial charge on any atom is -0.494 e. The molecule has 3 rings (SSSR count). The highest BCUT2D eigenvalue weighted by Crippen LogP contribution is 2.43. The fourth-order valence-electron chi connectivity index (χ4n) is 4.28. The Morgan fingerprint density at radius 1 is 1.03 bits per heavy atom. The number of carboxylic acids is 1. The number of carboxylic acid groups (broad SMARTS) is 1. The Morgan fingerprint density at radius 2 is 1.68 bits per heavy atom. The summed E-state index contributed by atoms with van der Waals surface area (Å²) in [5, 5.41) is 9.92. The zero-order valence-corrected chi connectivity index (χ0v) is 18.6. The number of rotatable bonds is 9. The molecule has 2 unspecified atom stereocenters. The lowest BCUT2D eigenvalue weighted by Crippen LogP contribution is -2.46. The molecule has 2 aromatic rings. The lowest BCUT2D eigenvalue weighted by molar-refractivity contribution is -0.145.